The summed E-state index contributed by atoms with van der Waals surface area (Å²) in [5.41, 5.74) is 0.943. The number of amides is 2. The second kappa shape index (κ2) is 13.0. The Labute approximate surface area is 221 Å². The summed E-state index contributed by atoms with van der Waals surface area (Å²) >= 11 is 3.43. The number of hydrogen-bond donors (Lipinski definition) is 1. The van der Waals surface area contributed by atoms with E-state index in [4.69, 9.17) is 9.47 Å². The largest absolute Gasteiger partial charge is 0.497 e. The lowest BCUT2D eigenvalue weighted by Crippen LogP contribution is -2.51. The van der Waals surface area contributed by atoms with Crippen LogP contribution in [0.4, 0.5) is 5.69 Å². The molecule has 36 heavy (non-hydrogen) atoms. The SMILES string of the molecule is COc1ccc(OC)c(N(CC(=O)N(Cc2cccc(Br)c2)[C@@H](C)C(=O)NCC(C)C)S(C)(=O)=O)c1. The van der Waals surface area contributed by atoms with Crippen molar-refractivity contribution in [2.75, 3.05) is 37.9 Å². The van der Waals surface area contributed by atoms with E-state index in [0.717, 1.165) is 20.6 Å². The van der Waals surface area contributed by atoms with E-state index in [1.54, 1.807) is 19.1 Å². The van der Waals surface area contributed by atoms with Crippen molar-refractivity contribution in [3.63, 3.8) is 0 Å². The Morgan fingerprint density at radius 2 is 1.75 bits per heavy atom. The predicted octanol–water partition coefficient (Wildman–Crippen LogP) is 3.42. The number of sulfonamides is 1. The van der Waals surface area contributed by atoms with Gasteiger partial charge in [0.25, 0.3) is 0 Å². The lowest BCUT2D eigenvalue weighted by Gasteiger charge is -2.32. The zero-order chi connectivity index (χ0) is 27.0. The first kappa shape index (κ1) is 29.4. The fourth-order valence-corrected chi connectivity index (χ4v) is 4.75. The van der Waals surface area contributed by atoms with Gasteiger partial charge in [0.15, 0.2) is 0 Å². The number of nitrogens with zero attached hydrogens (tertiary/aromatic N) is 2. The van der Waals surface area contributed by atoms with Crippen LogP contribution < -0.4 is 19.1 Å². The third-order valence-electron chi connectivity index (χ3n) is 5.43. The molecule has 0 aliphatic rings. The summed E-state index contributed by atoms with van der Waals surface area (Å²) in [4.78, 5) is 27.9. The zero-order valence-corrected chi connectivity index (χ0v) is 23.9. The molecule has 0 radical (unpaired) electrons. The molecule has 1 atom stereocenters. The first-order valence-electron chi connectivity index (χ1n) is 11.4. The van der Waals surface area contributed by atoms with Crippen molar-refractivity contribution in [3.05, 3.63) is 52.5 Å². The van der Waals surface area contributed by atoms with Gasteiger partial charge in [-0.15, -0.1) is 0 Å². The van der Waals surface area contributed by atoms with Crippen LogP contribution in [-0.2, 0) is 26.2 Å². The summed E-state index contributed by atoms with van der Waals surface area (Å²) in [7, 11) is -1.04. The molecule has 2 amide bonds. The van der Waals surface area contributed by atoms with E-state index < -0.39 is 28.5 Å². The fourth-order valence-electron chi connectivity index (χ4n) is 3.45. The topological polar surface area (TPSA) is 105 Å². The zero-order valence-electron chi connectivity index (χ0n) is 21.4. The molecule has 0 saturated heterocycles. The van der Waals surface area contributed by atoms with Crippen LogP contribution in [-0.4, -0.2) is 64.7 Å². The molecule has 0 fully saturated rings. The van der Waals surface area contributed by atoms with Crippen LogP contribution in [0.2, 0.25) is 0 Å². The lowest BCUT2D eigenvalue weighted by molar-refractivity contribution is -0.139. The van der Waals surface area contributed by atoms with Crippen molar-refractivity contribution in [3.8, 4) is 11.5 Å². The number of hydrogen-bond acceptors (Lipinski definition) is 6. The van der Waals surface area contributed by atoms with Gasteiger partial charge in [-0.1, -0.05) is 41.9 Å². The maximum atomic E-state index is 13.7. The molecule has 0 heterocycles. The molecule has 0 bridgehead atoms. The number of nitrogens with one attached hydrogen (secondary N) is 1. The second-order valence-electron chi connectivity index (χ2n) is 8.77. The van der Waals surface area contributed by atoms with Crippen LogP contribution >= 0.6 is 15.9 Å². The van der Waals surface area contributed by atoms with Crippen LogP contribution in [0.5, 0.6) is 11.5 Å². The summed E-state index contributed by atoms with van der Waals surface area (Å²) in [5, 5.41) is 2.85. The molecule has 9 nitrogen and oxygen atoms in total. The second-order valence-corrected chi connectivity index (χ2v) is 11.6. The van der Waals surface area contributed by atoms with Crippen LogP contribution in [0.1, 0.15) is 26.3 Å². The van der Waals surface area contributed by atoms with Crippen LogP contribution in [0, 0.1) is 5.92 Å². The molecular weight excluding hydrogens is 550 g/mol. The van der Waals surface area contributed by atoms with Crippen LogP contribution in [0.25, 0.3) is 0 Å². The van der Waals surface area contributed by atoms with E-state index >= 15 is 0 Å². The number of anilines is 1. The smallest absolute Gasteiger partial charge is 0.244 e. The normalized spacial score (nSPS) is 12.1. The van der Waals surface area contributed by atoms with Crippen molar-refractivity contribution in [1.82, 2.24) is 10.2 Å². The standard InChI is InChI=1S/C25H34BrN3O6S/c1-17(2)14-27-25(31)18(3)28(15-19-8-7-9-20(26)12-19)24(30)16-29(36(6,32)33)22-13-21(34-4)10-11-23(22)35-5/h7-13,17-18H,14-16H2,1-6H3,(H,27,31)/t18-/m0/s1. The Hall–Kier alpha value is -2.79. The van der Waals surface area contributed by atoms with Gasteiger partial charge in [0.05, 0.1) is 26.2 Å². The molecule has 0 aliphatic carbocycles. The van der Waals surface area contributed by atoms with Crippen molar-refractivity contribution < 1.29 is 27.5 Å². The first-order valence-corrected chi connectivity index (χ1v) is 14.0. The van der Waals surface area contributed by atoms with Crippen molar-refractivity contribution in [2.45, 2.75) is 33.4 Å². The molecule has 2 aromatic rings. The van der Waals surface area contributed by atoms with E-state index in [0.29, 0.717) is 12.3 Å². The highest BCUT2D eigenvalue weighted by atomic mass is 79.9. The minimum atomic E-state index is -3.91. The van der Waals surface area contributed by atoms with Crippen molar-refractivity contribution >= 4 is 43.5 Å². The van der Waals surface area contributed by atoms with Gasteiger partial charge in [0, 0.05) is 23.6 Å². The van der Waals surface area contributed by atoms with Gasteiger partial charge in [-0.25, -0.2) is 8.42 Å². The highest BCUT2D eigenvalue weighted by Crippen LogP contribution is 2.34. The van der Waals surface area contributed by atoms with E-state index in [9.17, 15) is 18.0 Å². The van der Waals surface area contributed by atoms with Gasteiger partial charge in [0.2, 0.25) is 21.8 Å². The molecule has 0 saturated carbocycles. The Morgan fingerprint density at radius 3 is 2.31 bits per heavy atom. The fraction of sp³-hybridized carbons (Fsp3) is 0.440. The maximum absolute atomic E-state index is 13.7. The summed E-state index contributed by atoms with van der Waals surface area (Å²) in [6.45, 7) is 5.61. The minimum Gasteiger partial charge on any atom is -0.497 e. The number of methoxy groups -OCH3 is 2. The molecular formula is C25H34BrN3O6S. The number of benzene rings is 2. The van der Waals surface area contributed by atoms with Crippen molar-refractivity contribution in [1.29, 1.82) is 0 Å². The van der Waals surface area contributed by atoms with Gasteiger partial charge in [-0.2, -0.15) is 0 Å². The predicted molar refractivity (Wildman–Crippen MR) is 144 cm³/mol. The van der Waals surface area contributed by atoms with Gasteiger partial charge in [-0.05, 0) is 42.7 Å². The van der Waals surface area contributed by atoms with E-state index in [1.165, 1.54) is 25.2 Å². The molecule has 0 unspecified atom stereocenters. The van der Waals surface area contributed by atoms with Gasteiger partial charge in [-0.3, -0.25) is 13.9 Å². The van der Waals surface area contributed by atoms with Gasteiger partial charge >= 0.3 is 0 Å². The van der Waals surface area contributed by atoms with Crippen molar-refractivity contribution in [2.24, 2.45) is 5.92 Å². The molecule has 0 aromatic heterocycles. The molecule has 2 rings (SSSR count). The Kier molecular flexibility index (Phi) is 10.6. The summed E-state index contributed by atoms with van der Waals surface area (Å²) in [6, 6.07) is 11.2. The molecule has 198 valence electrons. The highest BCUT2D eigenvalue weighted by molar-refractivity contribution is 9.10. The van der Waals surface area contributed by atoms with Gasteiger partial charge in [0.1, 0.15) is 24.1 Å². The summed E-state index contributed by atoms with van der Waals surface area (Å²) in [5.74, 6) is 0.0284. The number of carbonyl (C=O) groups excluding carboxylic acids is 2. The number of ether oxygens (including phenoxy) is 2. The maximum Gasteiger partial charge on any atom is 0.244 e. The monoisotopic (exact) mass is 583 g/mol. The molecule has 11 heteroatoms. The van der Waals surface area contributed by atoms with E-state index in [-0.39, 0.29) is 29.8 Å². The highest BCUT2D eigenvalue weighted by Gasteiger charge is 2.31. The average molecular weight is 585 g/mol. The van der Waals surface area contributed by atoms with Crippen LogP contribution in [0.15, 0.2) is 46.9 Å². The lowest BCUT2D eigenvalue weighted by atomic mass is 10.1. The van der Waals surface area contributed by atoms with E-state index in [1.807, 2.05) is 38.1 Å². The Morgan fingerprint density at radius 1 is 1.06 bits per heavy atom. The third kappa shape index (κ3) is 8.12. The molecule has 0 aliphatic heterocycles. The third-order valence-corrected chi connectivity index (χ3v) is 7.05. The van der Waals surface area contributed by atoms with E-state index in [2.05, 4.69) is 21.2 Å². The molecule has 0 spiro atoms. The number of rotatable bonds is 12. The number of carbonyl (C=O) groups is 2. The minimum absolute atomic E-state index is 0.112. The summed E-state index contributed by atoms with van der Waals surface area (Å²) < 4.78 is 38.0. The van der Waals surface area contributed by atoms with Gasteiger partial charge < -0.3 is 19.7 Å². The quantitative estimate of drug-likeness (QED) is 0.410. The average Bonchev–Trinajstić information content (AvgIpc) is 2.82. The molecule has 2 aromatic carbocycles. The first-order chi connectivity index (χ1) is 16.9. The number of halogens is 1. The van der Waals surface area contributed by atoms with Crippen LogP contribution in [0.3, 0.4) is 0 Å². The molecule has 1 N–H and O–H groups in total. The Bertz CT molecular complexity index is 1170. The Balaban J connectivity index is 2.46. The summed E-state index contributed by atoms with van der Waals surface area (Å²) in [6.07, 6.45) is 1.01.